The first-order valence-electron chi connectivity index (χ1n) is 8.30. The zero-order valence-corrected chi connectivity index (χ0v) is 14.5. The van der Waals surface area contributed by atoms with Crippen LogP contribution < -0.4 is 10.1 Å². The van der Waals surface area contributed by atoms with Gasteiger partial charge >= 0.3 is 0 Å². The highest BCUT2D eigenvalue weighted by atomic mass is 16.5. The van der Waals surface area contributed by atoms with Crippen molar-refractivity contribution < 1.29 is 9.53 Å². The van der Waals surface area contributed by atoms with Gasteiger partial charge in [-0.3, -0.25) is 4.79 Å². The zero-order chi connectivity index (χ0) is 18.4. The molecule has 0 aliphatic heterocycles. The number of fused-ring (bicyclic) bond motifs is 1. The highest BCUT2D eigenvalue weighted by Gasteiger charge is 2.09. The molecule has 26 heavy (non-hydrogen) atoms. The zero-order valence-electron chi connectivity index (χ0n) is 14.5. The summed E-state index contributed by atoms with van der Waals surface area (Å²) >= 11 is 0. The Balaban J connectivity index is 1.64. The number of carbonyl (C=O) groups excluding carboxylic acids is 1. The van der Waals surface area contributed by atoms with E-state index in [0.717, 1.165) is 22.0 Å². The predicted octanol–water partition coefficient (Wildman–Crippen LogP) is 3.44. The minimum absolute atomic E-state index is 0.0668. The van der Waals surface area contributed by atoms with E-state index in [1.54, 1.807) is 19.3 Å². The largest absolute Gasteiger partial charge is 0.497 e. The van der Waals surface area contributed by atoms with Gasteiger partial charge in [-0.15, -0.1) is 0 Å². The smallest absolute Gasteiger partial charge is 0.261 e. The van der Waals surface area contributed by atoms with E-state index >= 15 is 0 Å². The van der Waals surface area contributed by atoms with Gasteiger partial charge < -0.3 is 15.0 Å². The number of benzene rings is 2. The molecule has 2 N–H and O–H groups in total. The van der Waals surface area contributed by atoms with Crippen LogP contribution in [0.25, 0.3) is 17.0 Å². The summed E-state index contributed by atoms with van der Waals surface area (Å²) in [4.78, 5) is 15.5. The van der Waals surface area contributed by atoms with Crippen LogP contribution in [0.3, 0.4) is 0 Å². The van der Waals surface area contributed by atoms with Crippen LogP contribution in [-0.2, 0) is 11.2 Å². The third-order valence-electron chi connectivity index (χ3n) is 4.12. The molecule has 0 saturated carbocycles. The summed E-state index contributed by atoms with van der Waals surface area (Å²) in [5.74, 6) is 0.297. The standard InChI is InChI=1S/C21H19N3O2/c1-26-18-6-4-5-15(12-18)11-17(13-22)21(25)23-10-9-16-14-24-20-8-3-2-7-19(16)20/h2-8,11-12,14,24H,9-10H2,1H3,(H,23,25). The Hall–Kier alpha value is -3.52. The van der Waals surface area contributed by atoms with Crippen LogP contribution >= 0.6 is 0 Å². The molecule has 5 heteroatoms. The quantitative estimate of drug-likeness (QED) is 0.531. The second-order valence-corrected chi connectivity index (χ2v) is 5.81. The summed E-state index contributed by atoms with van der Waals surface area (Å²) in [5.41, 5.74) is 3.02. The molecule has 0 aliphatic carbocycles. The molecular weight excluding hydrogens is 326 g/mol. The Morgan fingerprint density at radius 2 is 2.12 bits per heavy atom. The van der Waals surface area contributed by atoms with E-state index < -0.39 is 0 Å². The van der Waals surface area contributed by atoms with Crippen molar-refractivity contribution in [2.24, 2.45) is 0 Å². The van der Waals surface area contributed by atoms with Gasteiger partial charge in [0.2, 0.25) is 0 Å². The highest BCUT2D eigenvalue weighted by Crippen LogP contribution is 2.18. The summed E-state index contributed by atoms with van der Waals surface area (Å²) < 4.78 is 5.16. The van der Waals surface area contributed by atoms with E-state index in [-0.39, 0.29) is 11.5 Å². The minimum Gasteiger partial charge on any atom is -0.497 e. The van der Waals surface area contributed by atoms with Crippen molar-refractivity contribution in [2.45, 2.75) is 6.42 Å². The number of ether oxygens (including phenoxy) is 1. The number of aromatic amines is 1. The molecule has 1 aromatic heterocycles. The van der Waals surface area contributed by atoms with E-state index in [4.69, 9.17) is 4.74 Å². The summed E-state index contributed by atoms with van der Waals surface area (Å²) in [6.45, 7) is 0.456. The Morgan fingerprint density at radius 1 is 1.27 bits per heavy atom. The van der Waals surface area contributed by atoms with Crippen LogP contribution in [-0.4, -0.2) is 24.5 Å². The lowest BCUT2D eigenvalue weighted by molar-refractivity contribution is -0.117. The number of hydrogen-bond donors (Lipinski definition) is 2. The van der Waals surface area contributed by atoms with Crippen LogP contribution in [0.1, 0.15) is 11.1 Å². The fourth-order valence-electron chi connectivity index (χ4n) is 2.79. The maximum atomic E-state index is 12.3. The van der Waals surface area contributed by atoms with Crippen molar-refractivity contribution in [1.29, 1.82) is 5.26 Å². The van der Waals surface area contributed by atoms with Gasteiger partial charge in [0.15, 0.2) is 0 Å². The third-order valence-corrected chi connectivity index (χ3v) is 4.12. The number of amides is 1. The van der Waals surface area contributed by atoms with Gasteiger partial charge in [0.1, 0.15) is 17.4 Å². The summed E-state index contributed by atoms with van der Waals surface area (Å²) in [5, 5.41) is 13.3. The van der Waals surface area contributed by atoms with Gasteiger partial charge in [-0.05, 0) is 41.8 Å². The lowest BCUT2D eigenvalue weighted by Crippen LogP contribution is -2.26. The Morgan fingerprint density at radius 3 is 2.92 bits per heavy atom. The Bertz CT molecular complexity index is 996. The third kappa shape index (κ3) is 3.93. The maximum Gasteiger partial charge on any atom is 0.261 e. The lowest BCUT2D eigenvalue weighted by Gasteiger charge is -2.05. The molecule has 0 saturated heterocycles. The molecule has 1 amide bonds. The van der Waals surface area contributed by atoms with Gasteiger partial charge in [0.05, 0.1) is 7.11 Å². The van der Waals surface area contributed by atoms with Crippen LogP contribution in [0, 0.1) is 11.3 Å². The number of nitrogens with zero attached hydrogens (tertiary/aromatic N) is 1. The molecule has 3 rings (SSSR count). The number of rotatable bonds is 6. The number of para-hydroxylation sites is 1. The average molecular weight is 345 g/mol. The van der Waals surface area contributed by atoms with Crippen LogP contribution in [0.5, 0.6) is 5.75 Å². The maximum absolute atomic E-state index is 12.3. The fourth-order valence-corrected chi connectivity index (χ4v) is 2.79. The van der Waals surface area contributed by atoms with Gasteiger partial charge in [0, 0.05) is 23.6 Å². The lowest BCUT2D eigenvalue weighted by atomic mass is 10.1. The van der Waals surface area contributed by atoms with Gasteiger partial charge in [-0.1, -0.05) is 30.3 Å². The molecular formula is C21H19N3O2. The number of hydrogen-bond acceptors (Lipinski definition) is 3. The van der Waals surface area contributed by atoms with Crippen molar-refractivity contribution in [3.63, 3.8) is 0 Å². The van der Waals surface area contributed by atoms with Crippen molar-refractivity contribution in [3.8, 4) is 11.8 Å². The first kappa shape index (κ1) is 17.3. The van der Waals surface area contributed by atoms with Gasteiger partial charge in [-0.25, -0.2) is 0 Å². The molecule has 0 unspecified atom stereocenters. The number of methoxy groups -OCH3 is 1. The first-order valence-corrected chi connectivity index (χ1v) is 8.30. The summed E-state index contributed by atoms with van der Waals surface area (Å²) in [6, 6.07) is 17.2. The van der Waals surface area contributed by atoms with E-state index in [1.807, 2.05) is 54.7 Å². The van der Waals surface area contributed by atoms with E-state index in [1.165, 1.54) is 0 Å². The summed E-state index contributed by atoms with van der Waals surface area (Å²) in [6.07, 6.45) is 4.20. The minimum atomic E-state index is -0.379. The second-order valence-electron chi connectivity index (χ2n) is 5.81. The molecule has 0 bridgehead atoms. The molecule has 0 atom stereocenters. The van der Waals surface area contributed by atoms with Crippen molar-refractivity contribution >= 4 is 22.9 Å². The van der Waals surface area contributed by atoms with E-state index in [2.05, 4.69) is 10.3 Å². The van der Waals surface area contributed by atoms with Crippen molar-refractivity contribution in [3.05, 3.63) is 71.4 Å². The number of H-pyrrole nitrogens is 1. The molecule has 0 spiro atoms. The van der Waals surface area contributed by atoms with Crippen molar-refractivity contribution in [2.75, 3.05) is 13.7 Å². The number of carbonyl (C=O) groups is 1. The number of nitriles is 1. The topological polar surface area (TPSA) is 77.9 Å². The molecule has 0 fully saturated rings. The van der Waals surface area contributed by atoms with E-state index in [0.29, 0.717) is 18.7 Å². The second kappa shape index (κ2) is 8.04. The van der Waals surface area contributed by atoms with Crippen molar-refractivity contribution in [1.82, 2.24) is 10.3 Å². The monoisotopic (exact) mass is 345 g/mol. The Kier molecular flexibility index (Phi) is 5.35. The molecule has 3 aromatic rings. The molecule has 5 nitrogen and oxygen atoms in total. The molecule has 0 aliphatic rings. The molecule has 0 radical (unpaired) electrons. The van der Waals surface area contributed by atoms with Crippen LogP contribution in [0.4, 0.5) is 0 Å². The first-order chi connectivity index (χ1) is 12.7. The fraction of sp³-hybridized carbons (Fsp3) is 0.143. The molecule has 130 valence electrons. The van der Waals surface area contributed by atoms with Crippen LogP contribution in [0.2, 0.25) is 0 Å². The van der Waals surface area contributed by atoms with E-state index in [9.17, 15) is 10.1 Å². The highest BCUT2D eigenvalue weighted by molar-refractivity contribution is 6.01. The van der Waals surface area contributed by atoms with Gasteiger partial charge in [0.25, 0.3) is 5.91 Å². The summed E-state index contributed by atoms with van der Waals surface area (Å²) in [7, 11) is 1.57. The number of aromatic nitrogens is 1. The van der Waals surface area contributed by atoms with Gasteiger partial charge in [-0.2, -0.15) is 5.26 Å². The normalized spacial score (nSPS) is 11.2. The number of nitrogens with one attached hydrogen (secondary N) is 2. The predicted molar refractivity (Wildman–Crippen MR) is 102 cm³/mol. The molecule has 2 aromatic carbocycles. The average Bonchev–Trinajstić information content (AvgIpc) is 3.09. The van der Waals surface area contributed by atoms with Crippen LogP contribution in [0.15, 0.2) is 60.3 Å². The Labute approximate surface area is 151 Å². The molecule has 1 heterocycles. The SMILES string of the molecule is COc1cccc(C=C(C#N)C(=O)NCCc2c[nH]c3ccccc23)c1.